The lowest BCUT2D eigenvalue weighted by Gasteiger charge is -2.17. The number of hydrogen-bond acceptors (Lipinski definition) is 3. The van der Waals surface area contributed by atoms with Crippen LogP contribution in [-0.2, 0) is 4.74 Å². The molecule has 3 heteroatoms. The molecule has 1 heterocycles. The molecule has 1 aliphatic heterocycles. The molecule has 1 aromatic carbocycles. The lowest BCUT2D eigenvalue weighted by atomic mass is 9.96. The fraction of sp³-hybridized carbons (Fsp3) is 0.611. The summed E-state index contributed by atoms with van der Waals surface area (Å²) in [5.74, 6) is 0.287. The van der Waals surface area contributed by atoms with E-state index in [4.69, 9.17) is 4.74 Å². The number of carbonyl (C=O) groups is 1. The van der Waals surface area contributed by atoms with E-state index in [1.165, 1.54) is 19.3 Å². The predicted octanol–water partition coefficient (Wildman–Crippen LogP) is 4.26. The van der Waals surface area contributed by atoms with Gasteiger partial charge in [0.15, 0.2) is 0 Å². The third-order valence-electron chi connectivity index (χ3n) is 4.31. The average molecular weight is 290 g/mol. The Labute approximate surface area is 127 Å². The molecule has 1 aromatic rings. The number of aliphatic hydroxyl groups excluding tert-OH is 1. The molecule has 0 fully saturated rings. The molecule has 2 unspecified atom stereocenters. The van der Waals surface area contributed by atoms with E-state index in [2.05, 4.69) is 6.92 Å². The van der Waals surface area contributed by atoms with E-state index in [-0.39, 0.29) is 5.97 Å². The van der Waals surface area contributed by atoms with Gasteiger partial charge >= 0.3 is 5.97 Å². The second-order valence-corrected chi connectivity index (χ2v) is 6.12. The molecule has 0 saturated heterocycles. The van der Waals surface area contributed by atoms with Crippen LogP contribution in [0.25, 0.3) is 0 Å². The summed E-state index contributed by atoms with van der Waals surface area (Å²) < 4.78 is 5.38. The first kappa shape index (κ1) is 16.0. The number of benzene rings is 1. The van der Waals surface area contributed by atoms with Crippen LogP contribution in [0.2, 0.25) is 0 Å². The van der Waals surface area contributed by atoms with E-state index >= 15 is 0 Å². The fourth-order valence-corrected chi connectivity index (χ4v) is 2.89. The molecular formula is C18H26O3. The number of carbonyl (C=O) groups excluding carboxylic acids is 1. The number of hydrogen-bond donors (Lipinski definition) is 1. The molecule has 1 N–H and O–H groups in total. The first-order valence-corrected chi connectivity index (χ1v) is 8.12. The summed E-state index contributed by atoms with van der Waals surface area (Å²) in [6, 6.07) is 7.25. The van der Waals surface area contributed by atoms with Crippen molar-refractivity contribution in [2.45, 2.75) is 58.0 Å². The summed E-state index contributed by atoms with van der Waals surface area (Å²) in [4.78, 5) is 12.2. The number of cyclic esters (lactones) is 1. The third kappa shape index (κ3) is 4.85. The Morgan fingerprint density at radius 1 is 1.05 bits per heavy atom. The summed E-state index contributed by atoms with van der Waals surface area (Å²) in [7, 11) is 0. The zero-order chi connectivity index (χ0) is 15.1. The van der Waals surface area contributed by atoms with Crippen LogP contribution in [0.1, 0.15) is 73.9 Å². The van der Waals surface area contributed by atoms with E-state index in [1.54, 1.807) is 6.07 Å². The molecule has 0 aromatic heterocycles. The molecular weight excluding hydrogens is 264 g/mol. The topological polar surface area (TPSA) is 46.5 Å². The first-order valence-electron chi connectivity index (χ1n) is 8.12. The van der Waals surface area contributed by atoms with E-state index in [1.807, 2.05) is 18.2 Å². The van der Waals surface area contributed by atoms with Crippen molar-refractivity contribution >= 4 is 5.97 Å². The fourth-order valence-electron chi connectivity index (χ4n) is 2.89. The van der Waals surface area contributed by atoms with Crippen LogP contribution >= 0.6 is 0 Å². The van der Waals surface area contributed by atoms with Crippen molar-refractivity contribution in [1.29, 1.82) is 0 Å². The smallest absolute Gasteiger partial charge is 0.338 e. The number of esters is 1. The maximum Gasteiger partial charge on any atom is 0.338 e. The highest BCUT2D eigenvalue weighted by atomic mass is 16.5. The van der Waals surface area contributed by atoms with Crippen molar-refractivity contribution in [2.75, 3.05) is 6.61 Å². The normalized spacial score (nSPS) is 25.5. The Hall–Kier alpha value is -1.35. The van der Waals surface area contributed by atoms with E-state index in [9.17, 15) is 9.90 Å². The number of fused-ring (bicyclic) bond motifs is 1. The Morgan fingerprint density at radius 2 is 1.76 bits per heavy atom. The first-order chi connectivity index (χ1) is 10.2. The molecule has 0 radical (unpaired) electrons. The van der Waals surface area contributed by atoms with E-state index in [0.717, 1.165) is 19.3 Å². The zero-order valence-corrected chi connectivity index (χ0v) is 12.9. The summed E-state index contributed by atoms with van der Waals surface area (Å²) in [6.07, 6.45) is 6.83. The minimum Gasteiger partial charge on any atom is -0.462 e. The highest BCUT2D eigenvalue weighted by Gasteiger charge is 2.18. The third-order valence-corrected chi connectivity index (χ3v) is 4.31. The number of ether oxygens (including phenoxy) is 1. The zero-order valence-electron chi connectivity index (χ0n) is 12.9. The Kier molecular flexibility index (Phi) is 6.24. The van der Waals surface area contributed by atoms with E-state index < -0.39 is 6.10 Å². The molecule has 0 aliphatic carbocycles. The van der Waals surface area contributed by atoms with Crippen LogP contribution in [0.4, 0.5) is 0 Å². The second-order valence-electron chi connectivity index (χ2n) is 6.12. The highest BCUT2D eigenvalue weighted by molar-refractivity contribution is 5.91. The Bertz CT molecular complexity index is 456. The average Bonchev–Trinajstić information content (AvgIpc) is 2.49. The summed E-state index contributed by atoms with van der Waals surface area (Å²) in [5, 5.41) is 10.3. The van der Waals surface area contributed by atoms with Gasteiger partial charge in [0.25, 0.3) is 0 Å². The quantitative estimate of drug-likeness (QED) is 0.726. The summed E-state index contributed by atoms with van der Waals surface area (Å²) in [6.45, 7) is 2.68. The highest BCUT2D eigenvalue weighted by Crippen LogP contribution is 2.25. The monoisotopic (exact) mass is 290 g/mol. The van der Waals surface area contributed by atoms with Gasteiger partial charge in [0.05, 0.1) is 18.3 Å². The Morgan fingerprint density at radius 3 is 2.57 bits per heavy atom. The van der Waals surface area contributed by atoms with Crippen LogP contribution in [0, 0.1) is 5.92 Å². The van der Waals surface area contributed by atoms with Crippen LogP contribution < -0.4 is 0 Å². The largest absolute Gasteiger partial charge is 0.462 e. The van der Waals surface area contributed by atoms with Gasteiger partial charge in [-0.25, -0.2) is 4.79 Å². The molecule has 1 aliphatic rings. The molecule has 0 saturated carbocycles. The molecule has 3 nitrogen and oxygen atoms in total. The lowest BCUT2D eigenvalue weighted by Crippen LogP contribution is -2.13. The summed E-state index contributed by atoms with van der Waals surface area (Å²) in [5.41, 5.74) is 1.21. The van der Waals surface area contributed by atoms with Gasteiger partial charge in [0.2, 0.25) is 0 Å². The van der Waals surface area contributed by atoms with Crippen LogP contribution in [0.3, 0.4) is 0 Å². The molecule has 0 spiro atoms. The standard InChI is InChI=1S/C18H26O3/c1-14-8-4-2-3-5-11-17(19)15-9-6-7-10-16(15)18(20)21-13-12-14/h6-7,9-10,14,17,19H,2-5,8,11-13H2,1H3. The number of rotatable bonds is 0. The summed E-state index contributed by atoms with van der Waals surface area (Å²) >= 11 is 0. The van der Waals surface area contributed by atoms with Gasteiger partial charge in [-0.2, -0.15) is 0 Å². The molecule has 2 rings (SSSR count). The minimum atomic E-state index is -0.574. The van der Waals surface area contributed by atoms with Crippen molar-refractivity contribution in [1.82, 2.24) is 0 Å². The van der Waals surface area contributed by atoms with Gasteiger partial charge in [-0.3, -0.25) is 0 Å². The van der Waals surface area contributed by atoms with Crippen LogP contribution in [0.5, 0.6) is 0 Å². The maximum atomic E-state index is 12.2. The van der Waals surface area contributed by atoms with Gasteiger partial charge < -0.3 is 9.84 Å². The van der Waals surface area contributed by atoms with Gasteiger partial charge in [-0.1, -0.05) is 57.2 Å². The van der Waals surface area contributed by atoms with Gasteiger partial charge in [-0.15, -0.1) is 0 Å². The van der Waals surface area contributed by atoms with Gasteiger partial charge in [0, 0.05) is 0 Å². The SMILES string of the molecule is CC1CCCCCCC(O)c2ccccc2C(=O)OCC1. The predicted molar refractivity (Wildman–Crippen MR) is 83.2 cm³/mol. The Balaban J connectivity index is 2.12. The van der Waals surface area contributed by atoms with Crippen LogP contribution in [-0.4, -0.2) is 17.7 Å². The molecule has 0 amide bonds. The maximum absolute atomic E-state index is 12.2. The van der Waals surface area contributed by atoms with Crippen molar-refractivity contribution in [3.05, 3.63) is 35.4 Å². The van der Waals surface area contributed by atoms with E-state index in [0.29, 0.717) is 30.1 Å². The van der Waals surface area contributed by atoms with Gasteiger partial charge in [-0.05, 0) is 30.4 Å². The minimum absolute atomic E-state index is 0.311. The van der Waals surface area contributed by atoms with Crippen molar-refractivity contribution < 1.29 is 14.6 Å². The molecule has 21 heavy (non-hydrogen) atoms. The van der Waals surface area contributed by atoms with Gasteiger partial charge in [0.1, 0.15) is 0 Å². The second kappa shape index (κ2) is 8.18. The van der Waals surface area contributed by atoms with Crippen molar-refractivity contribution in [2.24, 2.45) is 5.92 Å². The molecule has 116 valence electrons. The van der Waals surface area contributed by atoms with Crippen molar-refractivity contribution in [3.8, 4) is 0 Å². The number of aliphatic hydroxyl groups is 1. The van der Waals surface area contributed by atoms with Crippen molar-refractivity contribution in [3.63, 3.8) is 0 Å². The molecule has 0 bridgehead atoms. The van der Waals surface area contributed by atoms with Crippen LogP contribution in [0.15, 0.2) is 24.3 Å². The lowest BCUT2D eigenvalue weighted by molar-refractivity contribution is 0.0475. The molecule has 2 atom stereocenters.